The van der Waals surface area contributed by atoms with Gasteiger partial charge in [-0.15, -0.1) is 0 Å². The van der Waals surface area contributed by atoms with Crippen LogP contribution in [0.2, 0.25) is 0 Å². The highest BCUT2D eigenvalue weighted by Crippen LogP contribution is 2.29. The minimum absolute atomic E-state index is 0.0107. The topological polar surface area (TPSA) is 102 Å². The van der Waals surface area contributed by atoms with Gasteiger partial charge in [0, 0.05) is 31.9 Å². The first kappa shape index (κ1) is 22.7. The largest absolute Gasteiger partial charge is 0.497 e. The average molecular weight is 466 g/mol. The molecular formula is C24H29N6O2S+. The molecule has 4 rings (SSSR count). The third kappa shape index (κ3) is 4.68. The van der Waals surface area contributed by atoms with Crippen molar-refractivity contribution in [1.82, 2.24) is 14.5 Å². The molecule has 4 N–H and O–H groups in total. The van der Waals surface area contributed by atoms with Crippen LogP contribution in [0.5, 0.6) is 5.75 Å². The van der Waals surface area contributed by atoms with Crippen molar-refractivity contribution in [2.24, 2.45) is 0 Å². The predicted octanol–water partition coefficient (Wildman–Crippen LogP) is 1.55. The van der Waals surface area contributed by atoms with Crippen molar-refractivity contribution in [3.8, 4) is 5.75 Å². The molecule has 33 heavy (non-hydrogen) atoms. The summed E-state index contributed by atoms with van der Waals surface area (Å²) < 4.78 is 7.39. The Balaban J connectivity index is 1.58. The van der Waals surface area contributed by atoms with Gasteiger partial charge in [-0.05, 0) is 42.7 Å². The fraction of sp³-hybridized carbons (Fsp3) is 0.333. The second-order valence-electron chi connectivity index (χ2n) is 8.04. The van der Waals surface area contributed by atoms with Crippen LogP contribution in [0.25, 0.3) is 0 Å². The number of nitrogen functional groups attached to an aromatic ring is 1. The zero-order valence-corrected chi connectivity index (χ0v) is 19.5. The van der Waals surface area contributed by atoms with Gasteiger partial charge in [0.1, 0.15) is 27.8 Å². The standard InChI is InChI=1S/C24H28N6O2S/c1-32-19-9-7-18(8-10-19)28-11-13-29(14-12-28)23(31)21(17-5-3-2-4-6-17)30-16-27-22(26)20(15-25)24(30)33/h2-3,5,7-10,15-16,21,25H,4,6,11-14,26H2,1H3/p+1. The molecule has 1 fully saturated rings. The Bertz CT molecular complexity index is 1150. The molecule has 1 saturated heterocycles. The van der Waals surface area contributed by atoms with Crippen molar-refractivity contribution < 1.29 is 14.9 Å². The maximum Gasteiger partial charge on any atom is 0.250 e. The van der Waals surface area contributed by atoms with Crippen molar-refractivity contribution in [3.63, 3.8) is 0 Å². The Morgan fingerprint density at radius 2 is 1.97 bits per heavy atom. The second kappa shape index (κ2) is 9.99. The molecule has 0 saturated carbocycles. The van der Waals surface area contributed by atoms with Gasteiger partial charge in [0.15, 0.2) is 6.21 Å². The molecule has 1 aliphatic heterocycles. The van der Waals surface area contributed by atoms with E-state index >= 15 is 0 Å². The molecular weight excluding hydrogens is 436 g/mol. The number of carbonyl (C=O) groups is 1. The predicted molar refractivity (Wildman–Crippen MR) is 132 cm³/mol. The van der Waals surface area contributed by atoms with Crippen LogP contribution in [0.1, 0.15) is 24.4 Å². The Kier molecular flexibility index (Phi) is 6.88. The van der Waals surface area contributed by atoms with Crippen LogP contribution in [0.4, 0.5) is 11.5 Å². The minimum atomic E-state index is -0.568. The van der Waals surface area contributed by atoms with E-state index in [2.05, 4.69) is 16.0 Å². The Hall–Kier alpha value is -3.46. The molecule has 9 heteroatoms. The minimum Gasteiger partial charge on any atom is -0.497 e. The fourth-order valence-electron chi connectivity index (χ4n) is 4.29. The van der Waals surface area contributed by atoms with E-state index in [9.17, 15) is 4.79 Å². The number of methoxy groups -OCH3 is 1. The first-order chi connectivity index (χ1) is 16.0. The highest BCUT2D eigenvalue weighted by Gasteiger charge is 2.32. The number of rotatable bonds is 6. The molecule has 1 atom stereocenters. The van der Waals surface area contributed by atoms with Gasteiger partial charge in [0.05, 0.1) is 13.4 Å². The van der Waals surface area contributed by atoms with Gasteiger partial charge in [-0.3, -0.25) is 10.2 Å². The molecule has 1 aliphatic carbocycles. The first-order valence-corrected chi connectivity index (χ1v) is 11.4. The van der Waals surface area contributed by atoms with Crippen LogP contribution in [-0.2, 0) is 4.79 Å². The van der Waals surface area contributed by atoms with Gasteiger partial charge in [-0.1, -0.05) is 30.4 Å². The Morgan fingerprint density at radius 1 is 1.24 bits per heavy atom. The summed E-state index contributed by atoms with van der Waals surface area (Å²) in [4.78, 5) is 22.3. The molecule has 1 amide bonds. The van der Waals surface area contributed by atoms with E-state index in [1.54, 1.807) is 18.0 Å². The summed E-state index contributed by atoms with van der Waals surface area (Å²) in [5.74, 6) is 1.10. The summed E-state index contributed by atoms with van der Waals surface area (Å²) in [6, 6.07) is 7.43. The molecule has 1 aromatic heterocycles. The van der Waals surface area contributed by atoms with Gasteiger partial charge in [0.2, 0.25) is 5.91 Å². The van der Waals surface area contributed by atoms with Crippen LogP contribution in [-0.4, -0.2) is 59.9 Å². The van der Waals surface area contributed by atoms with E-state index in [0.717, 1.165) is 42.9 Å². The van der Waals surface area contributed by atoms with Crippen molar-refractivity contribution >= 4 is 35.8 Å². The van der Waals surface area contributed by atoms with Crippen LogP contribution in [0.3, 0.4) is 0 Å². The maximum absolute atomic E-state index is 13.8. The average Bonchev–Trinajstić information content (AvgIpc) is 2.86. The third-order valence-corrected chi connectivity index (χ3v) is 6.60. The molecule has 1 unspecified atom stereocenters. The van der Waals surface area contributed by atoms with E-state index < -0.39 is 6.04 Å². The number of piperazine rings is 1. The summed E-state index contributed by atoms with van der Waals surface area (Å²) in [5.41, 5.74) is 8.55. The third-order valence-electron chi connectivity index (χ3n) is 6.17. The summed E-state index contributed by atoms with van der Waals surface area (Å²) in [7, 11) is 1.66. The van der Waals surface area contributed by atoms with E-state index in [1.165, 1.54) is 6.21 Å². The molecule has 0 radical (unpaired) electrons. The normalized spacial score (nSPS) is 16.8. The summed E-state index contributed by atoms with van der Waals surface area (Å²) in [5, 5.41) is 5.75. The monoisotopic (exact) mass is 465 g/mol. The highest BCUT2D eigenvalue weighted by molar-refractivity contribution is 7.71. The first-order valence-electron chi connectivity index (χ1n) is 11.0. The lowest BCUT2D eigenvalue weighted by atomic mass is 9.96. The molecule has 2 aliphatic rings. The van der Waals surface area contributed by atoms with E-state index in [-0.39, 0.29) is 11.7 Å². The van der Waals surface area contributed by atoms with Crippen molar-refractivity contribution in [1.29, 1.82) is 0 Å². The van der Waals surface area contributed by atoms with Gasteiger partial charge < -0.3 is 24.8 Å². The Labute approximate surface area is 198 Å². The molecule has 2 heterocycles. The zero-order valence-electron chi connectivity index (χ0n) is 18.7. The molecule has 2 aromatic rings. The molecule has 1 aromatic carbocycles. The smallest absolute Gasteiger partial charge is 0.250 e. The lowest BCUT2D eigenvalue weighted by molar-refractivity contribution is -0.134. The number of nitrogens with two attached hydrogens (primary N) is 2. The summed E-state index contributed by atoms with van der Waals surface area (Å²) in [6.45, 7) is 2.74. The summed E-state index contributed by atoms with van der Waals surface area (Å²) in [6.07, 6.45) is 10.7. The van der Waals surface area contributed by atoms with Crippen LogP contribution in [0.15, 0.2) is 54.4 Å². The lowest BCUT2D eigenvalue weighted by Crippen LogP contribution is -2.51. The molecule has 0 bridgehead atoms. The number of nitrogens with zero attached hydrogens (tertiary/aromatic N) is 4. The van der Waals surface area contributed by atoms with Crippen molar-refractivity contribution in [3.05, 3.63) is 64.6 Å². The number of hydrogen-bond acceptors (Lipinski definition) is 6. The number of aromatic nitrogens is 2. The van der Waals surface area contributed by atoms with Crippen LogP contribution < -0.4 is 20.8 Å². The van der Waals surface area contributed by atoms with E-state index in [4.69, 9.17) is 28.1 Å². The van der Waals surface area contributed by atoms with Crippen LogP contribution >= 0.6 is 12.2 Å². The number of hydrogen-bond donors (Lipinski definition) is 2. The van der Waals surface area contributed by atoms with Crippen molar-refractivity contribution in [2.45, 2.75) is 18.9 Å². The van der Waals surface area contributed by atoms with Gasteiger partial charge >= 0.3 is 0 Å². The Morgan fingerprint density at radius 3 is 2.58 bits per heavy atom. The number of ether oxygens (including phenoxy) is 1. The quantitative estimate of drug-likeness (QED) is 0.496. The second-order valence-corrected chi connectivity index (χ2v) is 8.43. The van der Waals surface area contributed by atoms with E-state index in [0.29, 0.717) is 23.3 Å². The maximum atomic E-state index is 13.8. The SMILES string of the molecule is COc1ccc(N2CCN(C(=O)C(C3=CC=CCC3)n3cnc(N)c(C=[NH2+])c3=S)CC2)cc1. The number of allylic oxidation sites excluding steroid dienone is 3. The molecule has 172 valence electrons. The summed E-state index contributed by atoms with van der Waals surface area (Å²) >= 11 is 5.65. The highest BCUT2D eigenvalue weighted by atomic mass is 32.1. The number of amides is 1. The van der Waals surface area contributed by atoms with Gasteiger partial charge in [-0.2, -0.15) is 0 Å². The zero-order chi connectivity index (χ0) is 23.4. The van der Waals surface area contributed by atoms with Gasteiger partial charge in [-0.25, -0.2) is 4.98 Å². The number of anilines is 2. The van der Waals surface area contributed by atoms with Crippen molar-refractivity contribution in [2.75, 3.05) is 43.9 Å². The fourth-order valence-corrected chi connectivity index (χ4v) is 4.62. The molecule has 0 spiro atoms. The number of carbonyl (C=O) groups excluding carboxylic acids is 1. The van der Waals surface area contributed by atoms with Crippen LogP contribution in [0, 0.1) is 4.64 Å². The molecule has 8 nitrogen and oxygen atoms in total. The van der Waals surface area contributed by atoms with Gasteiger partial charge in [0.25, 0.3) is 0 Å². The lowest BCUT2D eigenvalue weighted by Gasteiger charge is -2.38. The number of benzene rings is 1. The van der Waals surface area contributed by atoms with E-state index in [1.807, 2.05) is 41.3 Å².